The molecule has 0 atom stereocenters. The number of nitrogen functional groups attached to an aromatic ring is 1. The van der Waals surface area contributed by atoms with Gasteiger partial charge in [0.15, 0.2) is 0 Å². The molecule has 0 radical (unpaired) electrons. The van der Waals surface area contributed by atoms with E-state index < -0.39 is 10.0 Å². The van der Waals surface area contributed by atoms with Gasteiger partial charge in [-0.2, -0.15) is 0 Å². The fourth-order valence-electron chi connectivity index (χ4n) is 1.44. The third-order valence-corrected chi connectivity index (χ3v) is 5.23. The van der Waals surface area contributed by atoms with Crippen molar-refractivity contribution in [2.45, 2.75) is 4.90 Å². The van der Waals surface area contributed by atoms with E-state index in [0.717, 1.165) is 0 Å². The molecule has 0 saturated carbocycles. The van der Waals surface area contributed by atoms with E-state index in [9.17, 15) is 8.42 Å². The van der Waals surface area contributed by atoms with Crippen LogP contribution < -0.4 is 10.5 Å². The molecule has 3 N–H and O–H groups in total. The molecular formula is C11H8BrCl2N3O2S. The van der Waals surface area contributed by atoms with E-state index in [0.29, 0.717) is 0 Å². The van der Waals surface area contributed by atoms with Gasteiger partial charge in [0.2, 0.25) is 0 Å². The average Bonchev–Trinajstić information content (AvgIpc) is 2.33. The molecule has 0 spiro atoms. The second kappa shape index (κ2) is 5.77. The van der Waals surface area contributed by atoms with Crippen LogP contribution in [0.5, 0.6) is 0 Å². The van der Waals surface area contributed by atoms with Gasteiger partial charge in [-0.3, -0.25) is 4.72 Å². The van der Waals surface area contributed by atoms with E-state index >= 15 is 0 Å². The molecule has 0 fully saturated rings. The molecule has 1 heterocycles. The van der Waals surface area contributed by atoms with Crippen molar-refractivity contribution in [3.05, 3.63) is 45.0 Å². The van der Waals surface area contributed by atoms with Gasteiger partial charge in [-0.15, -0.1) is 0 Å². The van der Waals surface area contributed by atoms with E-state index in [-0.39, 0.29) is 31.0 Å². The first-order chi connectivity index (χ1) is 9.29. The van der Waals surface area contributed by atoms with Gasteiger partial charge in [0.05, 0.1) is 4.47 Å². The molecule has 0 saturated heterocycles. The minimum Gasteiger partial charge on any atom is -0.398 e. The number of hydrogen-bond acceptors (Lipinski definition) is 4. The van der Waals surface area contributed by atoms with Crippen molar-refractivity contribution >= 4 is 60.7 Å². The van der Waals surface area contributed by atoms with Crippen LogP contribution >= 0.6 is 39.1 Å². The summed E-state index contributed by atoms with van der Waals surface area (Å²) in [6, 6.07) is 7.32. The Kier molecular flexibility index (Phi) is 4.43. The van der Waals surface area contributed by atoms with Crippen molar-refractivity contribution in [1.29, 1.82) is 0 Å². The maximum Gasteiger partial charge on any atom is 0.264 e. The Morgan fingerprint density at radius 1 is 1.25 bits per heavy atom. The third kappa shape index (κ3) is 3.35. The molecule has 0 aliphatic heterocycles. The first kappa shape index (κ1) is 15.4. The minimum absolute atomic E-state index is 0.0794. The highest BCUT2D eigenvalue weighted by Crippen LogP contribution is 2.32. The number of rotatable bonds is 3. The van der Waals surface area contributed by atoms with Crippen LogP contribution in [0, 0.1) is 0 Å². The van der Waals surface area contributed by atoms with Gasteiger partial charge in [0.1, 0.15) is 15.9 Å². The molecule has 9 heteroatoms. The van der Waals surface area contributed by atoms with Crippen molar-refractivity contribution in [2.24, 2.45) is 0 Å². The number of halogens is 3. The van der Waals surface area contributed by atoms with E-state index in [1.165, 1.54) is 24.3 Å². The van der Waals surface area contributed by atoms with Crippen LogP contribution in [0.4, 0.5) is 11.5 Å². The zero-order chi connectivity index (χ0) is 14.9. The molecule has 5 nitrogen and oxygen atoms in total. The molecule has 2 aromatic rings. The number of hydrogen-bond donors (Lipinski definition) is 2. The highest BCUT2D eigenvalue weighted by molar-refractivity contribution is 9.10. The summed E-state index contributed by atoms with van der Waals surface area (Å²) in [6.45, 7) is 0. The third-order valence-electron chi connectivity index (χ3n) is 2.28. The van der Waals surface area contributed by atoms with Crippen molar-refractivity contribution in [3.63, 3.8) is 0 Å². The molecule has 1 aromatic carbocycles. The molecule has 0 aliphatic carbocycles. The van der Waals surface area contributed by atoms with Crippen LogP contribution in [0.1, 0.15) is 0 Å². The molecule has 0 aliphatic rings. The van der Waals surface area contributed by atoms with Crippen LogP contribution in [0.3, 0.4) is 0 Å². The summed E-state index contributed by atoms with van der Waals surface area (Å²) in [5.74, 6) is 0.1000. The summed E-state index contributed by atoms with van der Waals surface area (Å²) in [5, 5.41) is 0.389. The van der Waals surface area contributed by atoms with Crippen LogP contribution in [0.25, 0.3) is 0 Å². The number of benzene rings is 1. The summed E-state index contributed by atoms with van der Waals surface area (Å²) in [6.07, 6.45) is 0. The highest BCUT2D eigenvalue weighted by atomic mass is 79.9. The Labute approximate surface area is 134 Å². The average molecular weight is 397 g/mol. The van der Waals surface area contributed by atoms with Crippen molar-refractivity contribution in [2.75, 3.05) is 10.5 Å². The second-order valence-electron chi connectivity index (χ2n) is 3.76. The summed E-state index contributed by atoms with van der Waals surface area (Å²) in [5.41, 5.74) is 5.89. The van der Waals surface area contributed by atoms with Crippen LogP contribution in [-0.4, -0.2) is 13.4 Å². The van der Waals surface area contributed by atoms with E-state index in [1.54, 1.807) is 6.07 Å². The normalized spacial score (nSPS) is 11.3. The number of pyridine rings is 1. The van der Waals surface area contributed by atoms with Gasteiger partial charge < -0.3 is 5.73 Å². The lowest BCUT2D eigenvalue weighted by atomic mass is 10.3. The Morgan fingerprint density at radius 2 is 1.95 bits per heavy atom. The summed E-state index contributed by atoms with van der Waals surface area (Å²) in [7, 11) is -3.89. The van der Waals surface area contributed by atoms with Crippen molar-refractivity contribution in [3.8, 4) is 0 Å². The smallest absolute Gasteiger partial charge is 0.264 e. The number of anilines is 2. The van der Waals surface area contributed by atoms with Crippen LogP contribution in [-0.2, 0) is 10.0 Å². The topological polar surface area (TPSA) is 85.1 Å². The lowest BCUT2D eigenvalue weighted by Gasteiger charge is -2.11. The van der Waals surface area contributed by atoms with Gasteiger partial charge in [-0.25, -0.2) is 13.4 Å². The Balaban J connectivity index is 2.46. The first-order valence-corrected chi connectivity index (χ1v) is 8.23. The lowest BCUT2D eigenvalue weighted by Crippen LogP contribution is -2.15. The van der Waals surface area contributed by atoms with Crippen LogP contribution in [0.15, 0.2) is 39.7 Å². The summed E-state index contributed by atoms with van der Waals surface area (Å²) >= 11 is 14.7. The minimum atomic E-state index is -3.89. The van der Waals surface area contributed by atoms with Crippen molar-refractivity contribution < 1.29 is 8.42 Å². The maximum atomic E-state index is 12.3. The molecule has 1 aromatic heterocycles. The number of aromatic nitrogens is 1. The monoisotopic (exact) mass is 395 g/mol. The first-order valence-electron chi connectivity index (χ1n) is 5.19. The number of nitrogens with zero attached hydrogens (tertiary/aromatic N) is 1. The summed E-state index contributed by atoms with van der Waals surface area (Å²) < 4.78 is 27.1. The lowest BCUT2D eigenvalue weighted by molar-refractivity contribution is 0.600. The summed E-state index contributed by atoms with van der Waals surface area (Å²) in [4.78, 5) is 3.77. The molecular weight excluding hydrogens is 389 g/mol. The standard InChI is InChI=1S/C11H8BrCl2N3O2S/c12-11-7(15)4-6(13)5-8(11)20(18,19)17-10-3-1-2-9(14)16-10/h1-5H,15H2,(H,16,17). The van der Waals surface area contributed by atoms with E-state index in [2.05, 4.69) is 25.6 Å². The maximum absolute atomic E-state index is 12.3. The predicted octanol–water partition coefficient (Wildman–Crippen LogP) is 3.53. The second-order valence-corrected chi connectivity index (χ2v) is 7.03. The Hall–Kier alpha value is -1.02. The Morgan fingerprint density at radius 3 is 2.60 bits per heavy atom. The molecule has 0 amide bonds. The van der Waals surface area contributed by atoms with Gasteiger partial charge in [-0.1, -0.05) is 29.3 Å². The zero-order valence-electron chi connectivity index (χ0n) is 9.77. The molecule has 106 valence electrons. The number of sulfonamides is 1. The molecule has 2 rings (SSSR count). The van der Waals surface area contributed by atoms with Gasteiger partial charge in [-0.05, 0) is 40.2 Å². The highest BCUT2D eigenvalue weighted by Gasteiger charge is 2.21. The van der Waals surface area contributed by atoms with E-state index in [4.69, 9.17) is 28.9 Å². The molecule has 0 unspecified atom stereocenters. The molecule has 0 bridgehead atoms. The fourth-order valence-corrected chi connectivity index (χ4v) is 3.90. The van der Waals surface area contributed by atoms with Gasteiger partial charge in [0, 0.05) is 10.7 Å². The SMILES string of the molecule is Nc1cc(Cl)cc(S(=O)(=O)Nc2cccc(Cl)n2)c1Br. The van der Waals surface area contributed by atoms with Gasteiger partial charge in [0.25, 0.3) is 10.0 Å². The number of nitrogens with one attached hydrogen (secondary N) is 1. The predicted molar refractivity (Wildman–Crippen MR) is 83.6 cm³/mol. The number of nitrogens with two attached hydrogens (primary N) is 1. The van der Waals surface area contributed by atoms with Gasteiger partial charge >= 0.3 is 0 Å². The molecule has 20 heavy (non-hydrogen) atoms. The Bertz CT molecular complexity index is 768. The van der Waals surface area contributed by atoms with Crippen molar-refractivity contribution in [1.82, 2.24) is 4.98 Å². The van der Waals surface area contributed by atoms with Crippen LogP contribution in [0.2, 0.25) is 10.2 Å². The van der Waals surface area contributed by atoms with E-state index in [1.807, 2.05) is 0 Å². The zero-order valence-corrected chi connectivity index (χ0v) is 13.7. The largest absolute Gasteiger partial charge is 0.398 e. The fraction of sp³-hybridized carbons (Fsp3) is 0. The quantitative estimate of drug-likeness (QED) is 0.613.